The number of rotatable bonds is 26. The molecule has 0 aliphatic carbocycles. The molecule has 0 unspecified atom stereocenters. The van der Waals surface area contributed by atoms with Crippen molar-refractivity contribution in [1.82, 2.24) is 0 Å². The first-order valence-electron chi connectivity index (χ1n) is 27.6. The van der Waals surface area contributed by atoms with E-state index < -0.39 is 138 Å². The number of benzene rings is 5. The van der Waals surface area contributed by atoms with E-state index >= 15 is 0 Å². The van der Waals surface area contributed by atoms with Crippen LogP contribution in [0.25, 0.3) is 20.9 Å². The second kappa shape index (κ2) is 32.3. The van der Waals surface area contributed by atoms with Crippen LogP contribution in [0.2, 0.25) is 0 Å². The summed E-state index contributed by atoms with van der Waals surface area (Å²) in [5.74, 6) is -5.04. The Balaban J connectivity index is 1.27. The third kappa shape index (κ3) is 18.1. The Morgan fingerprint density at radius 2 is 1.06 bits per heavy atom. The number of hydrogen-bond donors (Lipinski definition) is 2. The molecule has 3 fully saturated rings. The highest BCUT2D eigenvalue weighted by Crippen LogP contribution is 2.42. The second-order valence-corrected chi connectivity index (χ2v) is 22.4. The number of carbonyl (C=O) groups excluding carboxylic acids is 4. The topological polar surface area (TPSA) is 339 Å². The Kier molecular flexibility index (Phi) is 24.5. The number of nitrogens with zero attached hydrogens (tertiary/aromatic N) is 6. The average Bonchev–Trinajstić information content (AvgIpc) is 1.27. The van der Waals surface area contributed by atoms with Gasteiger partial charge in [0.2, 0.25) is 17.9 Å². The third-order valence-corrected chi connectivity index (χ3v) is 14.5. The van der Waals surface area contributed by atoms with Crippen LogP contribution in [0.15, 0.2) is 162 Å². The van der Waals surface area contributed by atoms with E-state index in [1.807, 2.05) is 48.5 Å². The molecule has 5 aromatic rings. The standard InChI is InChI=1S/C60H62Cl3N7O19/c1-35(71)77-33-43-46(52(83-36(2)72)59(75,68-70-66)58(85-43)89-57(64)60(61,62)63)86-56-51(81-32-40-25-15-7-16-26-40)48(80-31-39-23-13-6-14-24-39)49(50(88-56)54(74)76-3)87-55-44(67-69-65)47(79-30-38-21-11-5-12-22-38)45(78-29-37-19-9-4-10-20-37)42(84-55)34-82-53(73)41-27-17-8-18-28-41/h4-28,42-52,55-56,58,64,75H,29-34H2,1-3H3/t42-,43-,44-,45-,46-,47-,48+,49+,50+,51-,52+,55-,56-,58-,59-/m1/s1. The van der Waals surface area contributed by atoms with Gasteiger partial charge in [-0.2, -0.15) is 0 Å². The number of azide groups is 2. The number of methoxy groups -OCH3 is 1. The van der Waals surface area contributed by atoms with E-state index in [9.17, 15) is 35.3 Å². The molecule has 8 rings (SSSR count). The van der Waals surface area contributed by atoms with E-state index in [1.54, 1.807) is 103 Å². The Hall–Kier alpha value is -7.46. The molecule has 472 valence electrons. The maximum atomic E-state index is 14.7. The van der Waals surface area contributed by atoms with Crippen molar-refractivity contribution in [3.63, 3.8) is 0 Å². The normalized spacial score (nSPS) is 27.5. The molecule has 29 heteroatoms. The number of esters is 4. The van der Waals surface area contributed by atoms with Gasteiger partial charge in [-0.05, 0) is 50.6 Å². The molecule has 0 radical (unpaired) electrons. The van der Waals surface area contributed by atoms with Crippen LogP contribution in [0.3, 0.4) is 0 Å². The third-order valence-electron chi connectivity index (χ3n) is 14.0. The second-order valence-electron chi connectivity index (χ2n) is 20.2. The lowest BCUT2D eigenvalue weighted by Gasteiger charge is -2.51. The number of ether oxygens (including phenoxy) is 14. The molecular weight excluding hydrogens is 1230 g/mol. The van der Waals surface area contributed by atoms with Gasteiger partial charge < -0.3 is 71.4 Å². The molecule has 3 saturated heterocycles. The average molecular weight is 1290 g/mol. The summed E-state index contributed by atoms with van der Waals surface area (Å²) in [6.45, 7) is 0.0467. The Morgan fingerprint density at radius 3 is 1.54 bits per heavy atom. The summed E-state index contributed by atoms with van der Waals surface area (Å²) >= 11 is 17.9. The fraction of sp³-hybridized carbons (Fsp3) is 0.417. The number of halogens is 3. The summed E-state index contributed by atoms with van der Waals surface area (Å²) in [6, 6.07) is 42.3. The van der Waals surface area contributed by atoms with Gasteiger partial charge in [-0.3, -0.25) is 15.0 Å². The molecule has 3 aliphatic heterocycles. The van der Waals surface area contributed by atoms with Gasteiger partial charge in [-0.25, -0.2) is 9.59 Å². The lowest BCUT2D eigenvalue weighted by atomic mass is 9.92. The van der Waals surface area contributed by atoms with Crippen LogP contribution in [-0.2, 0) is 107 Å². The Morgan fingerprint density at radius 1 is 0.584 bits per heavy atom. The van der Waals surface area contributed by atoms with Crippen LogP contribution < -0.4 is 0 Å². The molecule has 3 heterocycles. The minimum absolute atomic E-state index is 0.0332. The van der Waals surface area contributed by atoms with Gasteiger partial charge >= 0.3 is 23.9 Å². The molecule has 0 amide bonds. The Bertz CT molecular complexity index is 3230. The van der Waals surface area contributed by atoms with Crippen molar-refractivity contribution in [2.75, 3.05) is 20.3 Å². The predicted molar refractivity (Wildman–Crippen MR) is 313 cm³/mol. The van der Waals surface area contributed by atoms with Crippen LogP contribution >= 0.6 is 34.8 Å². The van der Waals surface area contributed by atoms with Gasteiger partial charge in [-0.15, -0.1) is 0 Å². The predicted octanol–water partition coefficient (Wildman–Crippen LogP) is 8.84. The summed E-state index contributed by atoms with van der Waals surface area (Å²) in [5, 5.41) is 28.5. The van der Waals surface area contributed by atoms with Crippen LogP contribution in [0.5, 0.6) is 0 Å². The molecule has 2 N–H and O–H groups in total. The zero-order valence-electron chi connectivity index (χ0n) is 47.9. The van der Waals surface area contributed by atoms with E-state index in [0.717, 1.165) is 26.5 Å². The van der Waals surface area contributed by atoms with Crippen molar-refractivity contribution < 1.29 is 90.6 Å². The van der Waals surface area contributed by atoms with Gasteiger partial charge in [0, 0.05) is 23.7 Å². The lowest BCUT2D eigenvalue weighted by molar-refractivity contribution is -0.384. The molecule has 89 heavy (non-hydrogen) atoms. The Labute approximate surface area is 524 Å². The first-order chi connectivity index (χ1) is 42.9. The molecule has 0 spiro atoms. The van der Waals surface area contributed by atoms with Crippen molar-refractivity contribution in [2.45, 2.75) is 136 Å². The first kappa shape index (κ1) is 67.5. The minimum atomic E-state index is -3.24. The van der Waals surface area contributed by atoms with Gasteiger partial charge in [-0.1, -0.05) is 179 Å². The van der Waals surface area contributed by atoms with Crippen molar-refractivity contribution >= 4 is 64.6 Å². The van der Waals surface area contributed by atoms with Crippen molar-refractivity contribution in [3.8, 4) is 0 Å². The van der Waals surface area contributed by atoms with Crippen molar-refractivity contribution in [2.24, 2.45) is 10.2 Å². The highest BCUT2D eigenvalue weighted by molar-refractivity contribution is 6.76. The quantitative estimate of drug-likeness (QED) is 0.00762. The monoisotopic (exact) mass is 1290 g/mol. The van der Waals surface area contributed by atoms with Crippen LogP contribution in [-0.4, -0.2) is 151 Å². The fourth-order valence-corrected chi connectivity index (χ4v) is 9.98. The van der Waals surface area contributed by atoms with Gasteiger partial charge in [0.25, 0.3) is 3.79 Å². The van der Waals surface area contributed by atoms with Gasteiger partial charge in [0.1, 0.15) is 68.1 Å². The van der Waals surface area contributed by atoms with Crippen LogP contribution in [0.4, 0.5) is 0 Å². The fourth-order valence-electron chi connectivity index (χ4n) is 9.84. The molecule has 5 aromatic carbocycles. The molecule has 0 saturated carbocycles. The number of alkyl halides is 3. The zero-order valence-corrected chi connectivity index (χ0v) is 50.1. The maximum Gasteiger partial charge on any atom is 0.338 e. The van der Waals surface area contributed by atoms with E-state index in [0.29, 0.717) is 16.7 Å². The number of nitrogens with one attached hydrogen (secondary N) is 1. The molecular formula is C60H62Cl3N7O19. The number of hydrogen-bond acceptors (Lipinski definition) is 22. The van der Waals surface area contributed by atoms with E-state index in [-0.39, 0.29) is 32.0 Å². The number of carbonyl (C=O) groups is 4. The number of aliphatic hydroxyl groups is 1. The molecule has 0 aromatic heterocycles. The van der Waals surface area contributed by atoms with Crippen LogP contribution in [0, 0.1) is 5.41 Å². The van der Waals surface area contributed by atoms with E-state index in [1.165, 1.54) is 0 Å². The summed E-state index contributed by atoms with van der Waals surface area (Å²) in [6.07, 6.45) is -23.0. The van der Waals surface area contributed by atoms with Gasteiger partial charge in [0.15, 0.2) is 24.8 Å². The highest BCUT2D eigenvalue weighted by atomic mass is 35.6. The maximum absolute atomic E-state index is 14.7. The van der Waals surface area contributed by atoms with Gasteiger partial charge in [0.05, 0.1) is 39.1 Å². The molecule has 15 atom stereocenters. The minimum Gasteiger partial charge on any atom is -0.467 e. The molecule has 0 bridgehead atoms. The zero-order chi connectivity index (χ0) is 63.5. The highest BCUT2D eigenvalue weighted by Gasteiger charge is 2.63. The van der Waals surface area contributed by atoms with E-state index in [4.69, 9.17) is 107 Å². The summed E-state index contributed by atoms with van der Waals surface area (Å²) < 4.78 is 85.4. The van der Waals surface area contributed by atoms with Crippen molar-refractivity contribution in [1.29, 1.82) is 5.41 Å². The van der Waals surface area contributed by atoms with Crippen LogP contribution in [0.1, 0.15) is 46.5 Å². The molecule has 3 aliphatic rings. The van der Waals surface area contributed by atoms with Crippen molar-refractivity contribution in [3.05, 3.63) is 200 Å². The summed E-state index contributed by atoms with van der Waals surface area (Å²) in [5.41, 5.74) is 20.0. The smallest absolute Gasteiger partial charge is 0.338 e. The summed E-state index contributed by atoms with van der Waals surface area (Å²) in [7, 11) is 1.05. The largest absolute Gasteiger partial charge is 0.467 e. The molecule has 26 nitrogen and oxygen atoms in total. The SMILES string of the molecule is COC(=O)[C@H]1O[C@@H](O[C@@H]2[C@@H](COC(C)=O)O[C@H](OC(=N)C(Cl)(Cl)Cl)[C@@](O)(N=[N+]=[N-])[C@H]2OC(C)=O)[C@H](OCc2ccccc2)[C@@H](OCc2ccccc2)[C@@H]1O[C@H]1O[C@H](COC(=O)c2ccccc2)[C@@H](OCc2ccccc2)[C@H](OCc2ccccc2)[C@H]1N=[N+]=[N-]. The van der Waals surface area contributed by atoms with E-state index in [2.05, 4.69) is 20.1 Å². The first-order valence-corrected chi connectivity index (χ1v) is 28.7. The summed E-state index contributed by atoms with van der Waals surface area (Å²) in [4.78, 5) is 60.1. The lowest BCUT2D eigenvalue weighted by Crippen LogP contribution is -2.71.